The van der Waals surface area contributed by atoms with Gasteiger partial charge in [-0.1, -0.05) is 0 Å². The van der Waals surface area contributed by atoms with Gasteiger partial charge in [-0.15, -0.1) is 0 Å². The molecule has 0 radical (unpaired) electrons. The van der Waals surface area contributed by atoms with E-state index in [0.29, 0.717) is 11.1 Å². The van der Waals surface area contributed by atoms with E-state index in [1.54, 1.807) is 13.8 Å². The number of nitrogens with zero attached hydrogens (tertiary/aromatic N) is 1. The van der Waals surface area contributed by atoms with E-state index in [1.165, 1.54) is 12.1 Å². The van der Waals surface area contributed by atoms with Crippen molar-refractivity contribution < 1.29 is 17.6 Å². The highest BCUT2D eigenvalue weighted by Crippen LogP contribution is 2.25. The molecular formula is C12H15FN2O3S. The fraction of sp³-hybridized carbons (Fsp3) is 0.417. The fourth-order valence-electron chi connectivity index (χ4n) is 2.25. The van der Waals surface area contributed by atoms with Crippen molar-refractivity contribution in [2.75, 3.05) is 19.6 Å². The molecule has 0 bridgehead atoms. The van der Waals surface area contributed by atoms with Gasteiger partial charge in [-0.2, -0.15) is 4.31 Å². The van der Waals surface area contributed by atoms with E-state index in [2.05, 4.69) is 5.32 Å². The Hall–Kier alpha value is -1.47. The van der Waals surface area contributed by atoms with Crippen LogP contribution in [0.1, 0.15) is 11.1 Å². The average molecular weight is 286 g/mol. The Morgan fingerprint density at radius 3 is 2.37 bits per heavy atom. The monoisotopic (exact) mass is 286 g/mol. The largest absolute Gasteiger partial charge is 0.354 e. The third-order valence-corrected chi connectivity index (χ3v) is 5.18. The smallest absolute Gasteiger partial charge is 0.244 e. The maximum atomic E-state index is 13.2. The Morgan fingerprint density at radius 1 is 1.26 bits per heavy atom. The summed E-state index contributed by atoms with van der Waals surface area (Å²) < 4.78 is 39.4. The predicted octanol–water partition coefficient (Wildman–Crippen LogP) is 0.563. The molecule has 104 valence electrons. The van der Waals surface area contributed by atoms with E-state index >= 15 is 0 Å². The Labute approximate surface area is 111 Å². The summed E-state index contributed by atoms with van der Waals surface area (Å²) in [5.74, 6) is -0.794. The van der Waals surface area contributed by atoms with Crippen molar-refractivity contribution in [3.63, 3.8) is 0 Å². The fourth-order valence-corrected chi connectivity index (χ4v) is 4.06. The lowest BCUT2D eigenvalue weighted by atomic mass is 10.1. The van der Waals surface area contributed by atoms with Crippen molar-refractivity contribution in [3.05, 3.63) is 29.1 Å². The summed E-state index contributed by atoms with van der Waals surface area (Å²) in [5.41, 5.74) is 0.701. The Morgan fingerprint density at radius 2 is 1.84 bits per heavy atom. The Kier molecular flexibility index (Phi) is 3.60. The minimum atomic E-state index is -3.77. The summed E-state index contributed by atoms with van der Waals surface area (Å²) in [6.07, 6.45) is 0. The third-order valence-electron chi connectivity index (χ3n) is 3.03. The van der Waals surface area contributed by atoms with Crippen LogP contribution in [-0.2, 0) is 14.8 Å². The lowest BCUT2D eigenvalue weighted by Gasteiger charge is -2.27. The van der Waals surface area contributed by atoms with E-state index in [1.807, 2.05) is 0 Å². The molecule has 0 aliphatic carbocycles. The zero-order valence-corrected chi connectivity index (χ0v) is 11.6. The van der Waals surface area contributed by atoms with E-state index in [4.69, 9.17) is 0 Å². The minimum absolute atomic E-state index is 0.0867. The van der Waals surface area contributed by atoms with Crippen molar-refractivity contribution in [1.82, 2.24) is 9.62 Å². The van der Waals surface area contributed by atoms with Crippen LogP contribution in [0.25, 0.3) is 0 Å². The molecule has 1 aromatic carbocycles. The number of halogens is 1. The molecule has 1 aliphatic rings. The molecule has 2 rings (SSSR count). The molecule has 7 heteroatoms. The number of rotatable bonds is 2. The molecule has 1 N–H and O–H groups in total. The summed E-state index contributed by atoms with van der Waals surface area (Å²) in [5, 5.41) is 2.57. The van der Waals surface area contributed by atoms with Crippen LogP contribution in [0.2, 0.25) is 0 Å². The number of hydrogen-bond donors (Lipinski definition) is 1. The van der Waals surface area contributed by atoms with Crippen molar-refractivity contribution in [2.45, 2.75) is 18.7 Å². The van der Waals surface area contributed by atoms with Gasteiger partial charge in [-0.25, -0.2) is 12.8 Å². The summed E-state index contributed by atoms with van der Waals surface area (Å²) in [4.78, 5) is 11.4. The summed E-state index contributed by atoms with van der Waals surface area (Å²) in [6, 6.07) is 2.37. The van der Waals surface area contributed by atoms with Gasteiger partial charge in [0.05, 0.1) is 11.4 Å². The van der Waals surface area contributed by atoms with Crippen LogP contribution < -0.4 is 5.32 Å². The van der Waals surface area contributed by atoms with Crippen molar-refractivity contribution in [2.24, 2.45) is 0 Å². The quantitative estimate of drug-likeness (QED) is 0.864. The number of hydrogen-bond acceptors (Lipinski definition) is 3. The molecule has 0 unspecified atom stereocenters. The van der Waals surface area contributed by atoms with Gasteiger partial charge in [0.2, 0.25) is 15.9 Å². The molecule has 5 nitrogen and oxygen atoms in total. The van der Waals surface area contributed by atoms with Crippen LogP contribution in [0.15, 0.2) is 17.0 Å². The summed E-state index contributed by atoms with van der Waals surface area (Å²) >= 11 is 0. The lowest BCUT2D eigenvalue weighted by Crippen LogP contribution is -2.50. The third kappa shape index (κ3) is 2.62. The van der Waals surface area contributed by atoms with Crippen LogP contribution in [0.4, 0.5) is 4.39 Å². The molecule has 19 heavy (non-hydrogen) atoms. The number of sulfonamides is 1. The van der Waals surface area contributed by atoms with E-state index < -0.39 is 15.8 Å². The van der Waals surface area contributed by atoms with E-state index in [-0.39, 0.29) is 30.4 Å². The second kappa shape index (κ2) is 4.90. The van der Waals surface area contributed by atoms with Crippen molar-refractivity contribution >= 4 is 15.9 Å². The van der Waals surface area contributed by atoms with Crippen LogP contribution in [0.5, 0.6) is 0 Å². The first-order valence-electron chi connectivity index (χ1n) is 5.86. The maximum Gasteiger partial charge on any atom is 0.244 e. The van der Waals surface area contributed by atoms with Crippen molar-refractivity contribution in [1.29, 1.82) is 0 Å². The van der Waals surface area contributed by atoms with Crippen molar-refractivity contribution in [3.8, 4) is 0 Å². The highest BCUT2D eigenvalue weighted by atomic mass is 32.2. The number of aryl methyl sites for hydroxylation is 2. The highest BCUT2D eigenvalue weighted by molar-refractivity contribution is 7.89. The van der Waals surface area contributed by atoms with Crippen LogP contribution in [0, 0.1) is 19.7 Å². The SMILES string of the molecule is Cc1cc(F)cc(C)c1S(=O)(=O)N1CCNC(=O)C1. The maximum absolute atomic E-state index is 13.2. The molecule has 1 aliphatic heterocycles. The van der Waals surface area contributed by atoms with Gasteiger partial charge in [-0.3, -0.25) is 4.79 Å². The van der Waals surface area contributed by atoms with Gasteiger partial charge in [0, 0.05) is 13.1 Å². The molecule has 1 fully saturated rings. The van der Waals surface area contributed by atoms with Gasteiger partial charge in [0.15, 0.2) is 0 Å². The molecule has 1 saturated heterocycles. The normalized spacial score (nSPS) is 17.3. The van der Waals surface area contributed by atoms with Crippen LogP contribution in [-0.4, -0.2) is 38.3 Å². The van der Waals surface area contributed by atoms with E-state index in [9.17, 15) is 17.6 Å². The van der Waals surface area contributed by atoms with Crippen LogP contribution in [0.3, 0.4) is 0 Å². The molecule has 0 spiro atoms. The Bertz CT molecular complexity index is 605. The van der Waals surface area contributed by atoms with Gasteiger partial charge in [0.25, 0.3) is 0 Å². The van der Waals surface area contributed by atoms with Gasteiger partial charge in [0.1, 0.15) is 5.82 Å². The number of amides is 1. The molecule has 1 amide bonds. The van der Waals surface area contributed by atoms with Gasteiger partial charge >= 0.3 is 0 Å². The molecule has 0 aromatic heterocycles. The summed E-state index contributed by atoms with van der Waals surface area (Å²) in [7, 11) is -3.77. The number of piperazine rings is 1. The summed E-state index contributed by atoms with van der Waals surface area (Å²) in [6.45, 7) is 3.42. The van der Waals surface area contributed by atoms with E-state index in [0.717, 1.165) is 4.31 Å². The predicted molar refractivity (Wildman–Crippen MR) is 67.6 cm³/mol. The van der Waals surface area contributed by atoms with Crippen LogP contribution >= 0.6 is 0 Å². The topological polar surface area (TPSA) is 66.5 Å². The number of nitrogens with one attached hydrogen (secondary N) is 1. The zero-order chi connectivity index (χ0) is 14.2. The number of carbonyl (C=O) groups excluding carboxylic acids is 1. The second-order valence-corrected chi connectivity index (χ2v) is 6.43. The van der Waals surface area contributed by atoms with Gasteiger partial charge < -0.3 is 5.32 Å². The zero-order valence-electron chi connectivity index (χ0n) is 10.7. The minimum Gasteiger partial charge on any atom is -0.354 e. The number of benzene rings is 1. The first-order chi connectivity index (χ1) is 8.82. The first-order valence-corrected chi connectivity index (χ1v) is 7.30. The Balaban J connectivity index is 2.48. The highest BCUT2D eigenvalue weighted by Gasteiger charge is 2.31. The first kappa shape index (κ1) is 14.0. The molecule has 1 aromatic rings. The molecule has 1 heterocycles. The van der Waals surface area contributed by atoms with Gasteiger partial charge in [-0.05, 0) is 37.1 Å². The lowest BCUT2D eigenvalue weighted by molar-refractivity contribution is -0.122. The average Bonchev–Trinajstić information content (AvgIpc) is 2.26. The molecule has 0 saturated carbocycles. The molecule has 0 atom stereocenters. The second-order valence-electron chi connectivity index (χ2n) is 4.56. The molecular weight excluding hydrogens is 271 g/mol. The number of carbonyl (C=O) groups is 1. The standard InChI is InChI=1S/C12H15FN2O3S/c1-8-5-10(13)6-9(2)12(8)19(17,18)15-4-3-14-11(16)7-15/h5-6H,3-4,7H2,1-2H3,(H,14,16).